The van der Waals surface area contributed by atoms with Crippen LogP contribution in [0.15, 0.2) is 22.6 Å². The van der Waals surface area contributed by atoms with Crippen molar-refractivity contribution in [3.63, 3.8) is 0 Å². The number of thiazole rings is 1. The molecule has 0 spiro atoms. The number of hydrogen-bond donors (Lipinski definition) is 4. The lowest BCUT2D eigenvalue weighted by atomic mass is 9.73. The maximum atomic E-state index is 13.2. The van der Waals surface area contributed by atoms with E-state index < -0.39 is 23.5 Å². The Labute approximate surface area is 213 Å². The maximum Gasteiger partial charge on any atom is 0.223 e. The van der Waals surface area contributed by atoms with Crippen LogP contribution in [0, 0.1) is 17.3 Å². The molecule has 1 aliphatic rings. The third kappa shape index (κ3) is 8.07. The minimum absolute atomic E-state index is 0.0502. The van der Waals surface area contributed by atoms with E-state index in [9.17, 15) is 24.9 Å². The molecule has 4 N–H and O–H groups in total. The Bertz CT molecular complexity index is 936. The van der Waals surface area contributed by atoms with E-state index in [0.29, 0.717) is 11.4 Å². The number of carbonyl (C=O) groups excluding carboxylic acids is 2. The quantitative estimate of drug-likeness (QED) is 0.460. The third-order valence-corrected chi connectivity index (χ3v) is 8.11. The lowest BCUT2D eigenvalue weighted by molar-refractivity contribution is -0.143. The van der Waals surface area contributed by atoms with Crippen LogP contribution >= 0.6 is 11.3 Å². The molecule has 8 heteroatoms. The number of aliphatic hydroxyl groups excluding tert-OH is 3. The molecule has 0 radical (unpaired) electrons. The van der Waals surface area contributed by atoms with Crippen molar-refractivity contribution in [3.05, 3.63) is 33.3 Å². The highest BCUT2D eigenvalue weighted by molar-refractivity contribution is 7.09. The normalized spacial score (nSPS) is 31.5. The minimum Gasteiger partial charge on any atom is -0.392 e. The Morgan fingerprint density at radius 1 is 1.29 bits per heavy atom. The number of amides is 1. The largest absolute Gasteiger partial charge is 0.392 e. The number of aromatic nitrogens is 1. The minimum atomic E-state index is -1.18. The zero-order valence-electron chi connectivity index (χ0n) is 21.9. The number of hydrogen-bond acceptors (Lipinski definition) is 7. The van der Waals surface area contributed by atoms with Gasteiger partial charge < -0.3 is 20.6 Å². The van der Waals surface area contributed by atoms with Crippen molar-refractivity contribution >= 4 is 29.1 Å². The van der Waals surface area contributed by atoms with Crippen molar-refractivity contribution in [2.45, 2.75) is 98.5 Å². The molecule has 0 aromatic carbocycles. The number of nitrogens with one attached hydrogen (secondary N) is 1. The smallest absolute Gasteiger partial charge is 0.223 e. The highest BCUT2D eigenvalue weighted by Crippen LogP contribution is 2.32. The first-order chi connectivity index (χ1) is 16.4. The lowest BCUT2D eigenvalue weighted by Gasteiger charge is -2.34. The summed E-state index contributed by atoms with van der Waals surface area (Å²) >= 11 is 1.38. The van der Waals surface area contributed by atoms with Gasteiger partial charge in [-0.15, -0.1) is 11.3 Å². The van der Waals surface area contributed by atoms with E-state index >= 15 is 0 Å². The van der Waals surface area contributed by atoms with Crippen molar-refractivity contribution in [2.24, 2.45) is 17.3 Å². The predicted molar refractivity (Wildman–Crippen MR) is 140 cm³/mol. The first kappa shape index (κ1) is 29.4. The van der Waals surface area contributed by atoms with Gasteiger partial charge in [0.1, 0.15) is 10.8 Å². The fraction of sp³-hybridized carbons (Fsp3) is 0.667. The topological polar surface area (TPSA) is 120 Å². The fourth-order valence-corrected chi connectivity index (χ4v) is 5.14. The molecule has 0 saturated heterocycles. The number of rotatable bonds is 3. The molecule has 2 rings (SSSR count). The van der Waals surface area contributed by atoms with E-state index in [1.165, 1.54) is 16.9 Å². The molecule has 5 atom stereocenters. The van der Waals surface area contributed by atoms with Gasteiger partial charge in [-0.05, 0) is 57.1 Å². The number of nitrogens with zero attached hydrogens (tertiary/aromatic N) is 1. The summed E-state index contributed by atoms with van der Waals surface area (Å²) in [5, 5.41) is 36.5. The molecule has 0 bridgehead atoms. The van der Waals surface area contributed by atoms with Gasteiger partial charge in [0.25, 0.3) is 0 Å². The molecule has 1 amide bonds. The van der Waals surface area contributed by atoms with Crippen LogP contribution in [-0.2, 0) is 16.2 Å². The predicted octanol–water partition coefficient (Wildman–Crippen LogP) is 4.02. The third-order valence-electron chi connectivity index (χ3n) is 7.25. The van der Waals surface area contributed by atoms with Gasteiger partial charge in [-0.3, -0.25) is 9.59 Å². The fourth-order valence-electron chi connectivity index (χ4n) is 4.53. The molecular weight excluding hydrogens is 464 g/mol. The van der Waals surface area contributed by atoms with Crippen LogP contribution < -0.4 is 5.32 Å². The first-order valence-corrected chi connectivity index (χ1v) is 13.3. The molecule has 35 heavy (non-hydrogen) atoms. The van der Waals surface area contributed by atoms with Crippen molar-refractivity contribution < 1.29 is 24.9 Å². The lowest BCUT2D eigenvalue weighted by Crippen LogP contribution is -2.47. The Balaban J connectivity index is 2.33. The van der Waals surface area contributed by atoms with Gasteiger partial charge in [0, 0.05) is 11.3 Å². The first-order valence-electron chi connectivity index (χ1n) is 12.5. The van der Waals surface area contributed by atoms with Crippen LogP contribution in [0.4, 0.5) is 0 Å². The summed E-state index contributed by atoms with van der Waals surface area (Å²) in [4.78, 5) is 30.5. The Kier molecular flexibility index (Phi) is 10.8. The molecule has 0 fully saturated rings. The number of aliphatic hydroxyl groups is 3. The summed E-state index contributed by atoms with van der Waals surface area (Å²) in [7, 11) is 0. The molecule has 3 unspecified atom stereocenters. The molecule has 0 aliphatic carbocycles. The maximum absolute atomic E-state index is 13.2. The van der Waals surface area contributed by atoms with E-state index in [1.54, 1.807) is 20.8 Å². The standard InChI is InChI=1S/C27H42N2O5S/c1-16-8-7-9-17(2)25(33)19(4)26(34)27(5,6)22(31)13-23(32)29-21(11-10-16)18(3)12-20-15-35-24(14-30)28-20/h10,12,15,17,19,21-22,25,30-31,33H,7-9,11,13-14H2,1-6H3,(H,29,32)/b16-10-,18-12+/t17?,19-,21?,22?,25+/m1/s1. The van der Waals surface area contributed by atoms with Gasteiger partial charge in [-0.2, -0.15) is 0 Å². The molecular formula is C27H42N2O5S. The van der Waals surface area contributed by atoms with Crippen LogP contribution in [0.3, 0.4) is 0 Å². The van der Waals surface area contributed by atoms with Crippen molar-refractivity contribution in [3.8, 4) is 0 Å². The second-order valence-electron chi connectivity index (χ2n) is 10.6. The van der Waals surface area contributed by atoms with Gasteiger partial charge >= 0.3 is 0 Å². The average molecular weight is 507 g/mol. The average Bonchev–Trinajstić information content (AvgIpc) is 3.26. The Morgan fingerprint density at radius 2 is 1.97 bits per heavy atom. The highest BCUT2D eigenvalue weighted by Gasteiger charge is 2.42. The molecule has 7 nitrogen and oxygen atoms in total. The van der Waals surface area contributed by atoms with Crippen LogP contribution in [0.5, 0.6) is 0 Å². The zero-order valence-corrected chi connectivity index (χ0v) is 22.7. The number of carbonyl (C=O) groups is 2. The van der Waals surface area contributed by atoms with Gasteiger partial charge in [-0.1, -0.05) is 39.3 Å². The van der Waals surface area contributed by atoms with Crippen molar-refractivity contribution in [1.82, 2.24) is 10.3 Å². The summed E-state index contributed by atoms with van der Waals surface area (Å²) < 4.78 is 0. The van der Waals surface area contributed by atoms with Crippen LogP contribution in [0.1, 0.15) is 84.3 Å². The van der Waals surface area contributed by atoms with E-state index in [1.807, 2.05) is 25.3 Å². The molecule has 196 valence electrons. The van der Waals surface area contributed by atoms with Crippen LogP contribution in [0.2, 0.25) is 0 Å². The molecule has 1 aliphatic heterocycles. The van der Waals surface area contributed by atoms with Crippen molar-refractivity contribution in [1.29, 1.82) is 0 Å². The summed E-state index contributed by atoms with van der Waals surface area (Å²) in [6, 6.07) is -0.296. The summed E-state index contributed by atoms with van der Waals surface area (Å²) in [5.74, 6) is -1.27. The van der Waals surface area contributed by atoms with Gasteiger partial charge in [0.15, 0.2) is 0 Å². The SMILES string of the molecule is C/C1=C/CC(/C(C)=C/c2csc(CO)n2)NC(=O)CC(O)C(C)(C)C(=O)[C@H](C)[C@@H](O)C(C)CCC1. The Morgan fingerprint density at radius 3 is 2.60 bits per heavy atom. The molecule has 1 aromatic heterocycles. The summed E-state index contributed by atoms with van der Waals surface area (Å²) in [5.41, 5.74) is 1.67. The highest BCUT2D eigenvalue weighted by atomic mass is 32.1. The number of Topliss-reactive ketones (excluding diaryl/α,β-unsaturated/α-hetero) is 1. The summed E-state index contributed by atoms with van der Waals surface area (Å²) in [6.07, 6.45) is 4.98. The van der Waals surface area contributed by atoms with E-state index in [4.69, 9.17) is 0 Å². The van der Waals surface area contributed by atoms with Crippen LogP contribution in [-0.4, -0.2) is 50.2 Å². The summed E-state index contributed by atoms with van der Waals surface area (Å²) in [6.45, 7) is 10.8. The van der Waals surface area contributed by atoms with Crippen LogP contribution in [0.25, 0.3) is 6.08 Å². The molecule has 0 saturated carbocycles. The molecule has 2 heterocycles. The second-order valence-corrected chi connectivity index (χ2v) is 11.5. The zero-order chi connectivity index (χ0) is 26.3. The second kappa shape index (κ2) is 12.9. The van der Waals surface area contributed by atoms with Gasteiger partial charge in [-0.25, -0.2) is 4.98 Å². The van der Waals surface area contributed by atoms with E-state index in [2.05, 4.69) is 23.3 Å². The van der Waals surface area contributed by atoms with E-state index in [-0.39, 0.29) is 36.7 Å². The van der Waals surface area contributed by atoms with E-state index in [0.717, 1.165) is 30.5 Å². The molecule has 1 aromatic rings. The van der Waals surface area contributed by atoms with Gasteiger partial charge in [0.2, 0.25) is 5.91 Å². The monoisotopic (exact) mass is 506 g/mol. The van der Waals surface area contributed by atoms with Gasteiger partial charge in [0.05, 0.1) is 42.4 Å². The van der Waals surface area contributed by atoms with Crippen molar-refractivity contribution in [2.75, 3.05) is 0 Å². The Hall–Kier alpha value is -1.87. The number of allylic oxidation sites excluding steroid dienone is 1. The number of ketones is 1.